The van der Waals surface area contributed by atoms with Crippen molar-refractivity contribution in [3.8, 4) is 6.07 Å². The second-order valence-corrected chi connectivity index (χ2v) is 7.46. The lowest BCUT2D eigenvalue weighted by molar-refractivity contribution is -0.119. The van der Waals surface area contributed by atoms with E-state index in [0.717, 1.165) is 0 Å². The number of nitriles is 1. The van der Waals surface area contributed by atoms with Gasteiger partial charge in [0.2, 0.25) is 5.88 Å². The number of hydrogen-bond acceptors (Lipinski definition) is 6. The third-order valence-electron chi connectivity index (χ3n) is 4.82. The molecular weight excluding hydrogens is 332 g/mol. The summed E-state index contributed by atoms with van der Waals surface area (Å²) in [4.78, 5) is 13.0. The van der Waals surface area contributed by atoms with Crippen LogP contribution in [0.2, 0.25) is 0 Å². The third-order valence-corrected chi connectivity index (χ3v) is 4.82. The minimum absolute atomic E-state index is 0.0155. The van der Waals surface area contributed by atoms with Crippen LogP contribution in [0.5, 0.6) is 0 Å². The lowest BCUT2D eigenvalue weighted by Crippen LogP contribution is -2.34. The Bertz CT molecular complexity index is 841. The van der Waals surface area contributed by atoms with E-state index in [4.69, 9.17) is 15.2 Å². The van der Waals surface area contributed by atoms with Gasteiger partial charge in [-0.1, -0.05) is 13.8 Å². The van der Waals surface area contributed by atoms with E-state index in [0.29, 0.717) is 36.5 Å². The van der Waals surface area contributed by atoms with Gasteiger partial charge in [-0.05, 0) is 25.3 Å². The van der Waals surface area contributed by atoms with Gasteiger partial charge in [-0.2, -0.15) is 10.4 Å². The minimum atomic E-state index is -0.585. The molecule has 0 saturated carbocycles. The van der Waals surface area contributed by atoms with Crippen LogP contribution in [-0.2, 0) is 14.3 Å². The van der Waals surface area contributed by atoms with Gasteiger partial charge in [0.15, 0.2) is 5.78 Å². The van der Waals surface area contributed by atoms with E-state index in [1.807, 2.05) is 27.7 Å². The lowest BCUT2D eigenvalue weighted by atomic mass is 9.71. The van der Waals surface area contributed by atoms with Gasteiger partial charge in [0.1, 0.15) is 23.6 Å². The van der Waals surface area contributed by atoms with Gasteiger partial charge in [0.25, 0.3) is 0 Å². The summed E-state index contributed by atoms with van der Waals surface area (Å²) < 4.78 is 13.1. The van der Waals surface area contributed by atoms with Crippen molar-refractivity contribution in [1.82, 2.24) is 9.78 Å². The van der Waals surface area contributed by atoms with Gasteiger partial charge in [-0.25, -0.2) is 4.68 Å². The number of nitrogens with zero attached hydrogens (tertiary/aromatic N) is 3. The first-order valence-corrected chi connectivity index (χ1v) is 8.78. The molecule has 0 spiro atoms. The molecule has 2 N–H and O–H groups in total. The van der Waals surface area contributed by atoms with Gasteiger partial charge in [-0.3, -0.25) is 4.79 Å². The van der Waals surface area contributed by atoms with E-state index in [9.17, 15) is 10.1 Å². The van der Waals surface area contributed by atoms with Crippen LogP contribution in [0.3, 0.4) is 0 Å². The molecule has 1 aliphatic carbocycles. The number of hydrogen-bond donors (Lipinski definition) is 1. The van der Waals surface area contributed by atoms with Crippen molar-refractivity contribution >= 4 is 5.78 Å². The Morgan fingerprint density at radius 3 is 2.92 bits per heavy atom. The summed E-state index contributed by atoms with van der Waals surface area (Å²) in [7, 11) is 0. The molecule has 26 heavy (non-hydrogen) atoms. The van der Waals surface area contributed by atoms with Crippen molar-refractivity contribution in [2.45, 2.75) is 52.7 Å². The molecule has 7 nitrogen and oxygen atoms in total. The number of aromatic nitrogens is 2. The Morgan fingerprint density at radius 1 is 1.54 bits per heavy atom. The first-order chi connectivity index (χ1) is 12.3. The lowest BCUT2D eigenvalue weighted by Gasteiger charge is -2.37. The van der Waals surface area contributed by atoms with Crippen LogP contribution in [0.15, 0.2) is 35.1 Å². The summed E-state index contributed by atoms with van der Waals surface area (Å²) in [6.07, 6.45) is 2.31. The number of Topliss-reactive ketones (excluding diaryl/α,β-unsaturated/α-hetero) is 1. The van der Waals surface area contributed by atoms with Crippen molar-refractivity contribution in [1.29, 1.82) is 5.26 Å². The molecule has 7 heteroatoms. The second-order valence-electron chi connectivity index (χ2n) is 7.46. The van der Waals surface area contributed by atoms with Crippen molar-refractivity contribution in [2.24, 2.45) is 11.1 Å². The molecule has 0 aromatic carbocycles. The smallest absolute Gasteiger partial charge is 0.205 e. The number of carbonyl (C=O) groups excluding carboxylic acids is 1. The van der Waals surface area contributed by atoms with Gasteiger partial charge in [0, 0.05) is 31.2 Å². The highest BCUT2D eigenvalue weighted by Crippen LogP contribution is 2.48. The van der Waals surface area contributed by atoms with Gasteiger partial charge < -0.3 is 15.2 Å². The molecule has 1 aliphatic heterocycles. The molecular formula is C19H24N4O3. The molecule has 0 unspecified atom stereocenters. The number of carbonyl (C=O) groups is 1. The van der Waals surface area contributed by atoms with Crippen molar-refractivity contribution in [2.75, 3.05) is 6.61 Å². The average Bonchev–Trinajstić information content (AvgIpc) is 3.01. The van der Waals surface area contributed by atoms with Crippen molar-refractivity contribution in [3.63, 3.8) is 0 Å². The maximum absolute atomic E-state index is 13.0. The Hall–Kier alpha value is -2.59. The minimum Gasteiger partial charge on any atom is -0.444 e. The molecule has 0 fully saturated rings. The number of ether oxygens (including phenoxy) is 2. The Morgan fingerprint density at radius 2 is 2.27 bits per heavy atom. The highest BCUT2D eigenvalue weighted by molar-refractivity contribution is 5.99. The van der Waals surface area contributed by atoms with Gasteiger partial charge in [0.05, 0.1) is 11.6 Å². The Balaban J connectivity index is 2.15. The molecule has 2 aliphatic rings. The van der Waals surface area contributed by atoms with Crippen LogP contribution in [0, 0.1) is 16.7 Å². The fourth-order valence-corrected chi connectivity index (χ4v) is 3.75. The molecule has 0 radical (unpaired) electrons. The highest BCUT2D eigenvalue weighted by Gasteiger charge is 2.44. The van der Waals surface area contributed by atoms with E-state index in [1.54, 1.807) is 16.9 Å². The maximum atomic E-state index is 13.0. The summed E-state index contributed by atoms with van der Waals surface area (Å²) in [5.74, 6) is 0.0131. The second kappa shape index (κ2) is 6.61. The van der Waals surface area contributed by atoms with E-state index in [2.05, 4.69) is 11.2 Å². The summed E-state index contributed by atoms with van der Waals surface area (Å²) >= 11 is 0. The number of nitrogens with two attached hydrogens (primary N) is 1. The third kappa shape index (κ3) is 3.01. The predicted octanol–water partition coefficient (Wildman–Crippen LogP) is 2.89. The maximum Gasteiger partial charge on any atom is 0.205 e. The fraction of sp³-hybridized carbons (Fsp3) is 0.526. The van der Waals surface area contributed by atoms with E-state index in [-0.39, 0.29) is 28.9 Å². The monoisotopic (exact) mass is 356 g/mol. The van der Waals surface area contributed by atoms with Crippen LogP contribution in [0.1, 0.15) is 58.4 Å². The first-order valence-electron chi connectivity index (χ1n) is 8.78. The van der Waals surface area contributed by atoms with Crippen LogP contribution >= 0.6 is 0 Å². The number of ketones is 1. The standard InChI is InChI=1S/C19H24N4O3/c1-5-25-11(2)23-13(6-7-22-23)16-12(10-20)18(21)26-15-9-19(3,4)8-14(24)17(15)16/h6-7,11,16H,5,8-9,21H2,1-4H3/t11-,16+/m0/s1. The zero-order valence-corrected chi connectivity index (χ0v) is 15.6. The predicted molar refractivity (Wildman–Crippen MR) is 94.3 cm³/mol. The quantitative estimate of drug-likeness (QED) is 0.890. The normalized spacial score (nSPS) is 23.3. The molecule has 0 amide bonds. The molecule has 3 rings (SSSR count). The zero-order valence-electron chi connectivity index (χ0n) is 15.6. The highest BCUT2D eigenvalue weighted by atomic mass is 16.5. The van der Waals surface area contributed by atoms with Gasteiger partial charge >= 0.3 is 0 Å². The van der Waals surface area contributed by atoms with Crippen LogP contribution in [-0.4, -0.2) is 22.2 Å². The Labute approximate surface area is 153 Å². The fourth-order valence-electron chi connectivity index (χ4n) is 3.75. The molecule has 0 saturated heterocycles. The summed E-state index contributed by atoms with van der Waals surface area (Å²) in [6, 6.07) is 3.93. The summed E-state index contributed by atoms with van der Waals surface area (Å²) in [6.45, 7) is 8.35. The van der Waals surface area contributed by atoms with Crippen molar-refractivity contribution in [3.05, 3.63) is 40.7 Å². The van der Waals surface area contributed by atoms with E-state index >= 15 is 0 Å². The molecule has 1 aromatic heterocycles. The molecule has 0 bridgehead atoms. The molecule has 2 atom stereocenters. The summed E-state index contributed by atoms with van der Waals surface area (Å²) in [5, 5.41) is 14.0. The van der Waals surface area contributed by atoms with E-state index < -0.39 is 5.92 Å². The SMILES string of the molecule is CCO[C@@H](C)n1nccc1[C@H]1C(C#N)=C(N)OC2=C1C(=O)CC(C)(C)C2. The Kier molecular flexibility index (Phi) is 4.63. The van der Waals surface area contributed by atoms with E-state index in [1.165, 1.54) is 0 Å². The molecule has 138 valence electrons. The first kappa shape index (κ1) is 18.2. The van der Waals surface area contributed by atoms with Crippen LogP contribution in [0.4, 0.5) is 0 Å². The molecule has 1 aromatic rings. The average molecular weight is 356 g/mol. The topological polar surface area (TPSA) is 103 Å². The van der Waals surface area contributed by atoms with Crippen LogP contribution < -0.4 is 5.73 Å². The summed E-state index contributed by atoms with van der Waals surface area (Å²) in [5.41, 5.74) is 7.29. The van der Waals surface area contributed by atoms with Crippen LogP contribution in [0.25, 0.3) is 0 Å². The zero-order chi connectivity index (χ0) is 19.1. The van der Waals surface area contributed by atoms with Crippen molar-refractivity contribution < 1.29 is 14.3 Å². The number of allylic oxidation sites excluding steroid dienone is 3. The number of rotatable bonds is 4. The van der Waals surface area contributed by atoms with Gasteiger partial charge in [-0.15, -0.1) is 0 Å². The molecule has 2 heterocycles. The largest absolute Gasteiger partial charge is 0.444 e.